The van der Waals surface area contributed by atoms with Crippen LogP contribution in [0.1, 0.15) is 140 Å². The molecular weight excluding hydrogens is 1550 g/mol. The molecule has 1 fully saturated rings. The molecule has 42 heteroatoms. The molecule has 16 atom stereocenters. The number of aliphatic hydroxyl groups excluding tert-OH is 10. The largest absolute Gasteiger partial charge is 0.481 e. The van der Waals surface area contributed by atoms with Crippen molar-refractivity contribution in [2.75, 3.05) is 66.9 Å². The lowest BCUT2D eigenvalue weighted by Gasteiger charge is -2.37. The van der Waals surface area contributed by atoms with Gasteiger partial charge in [0.25, 0.3) is 12.4 Å². The summed E-state index contributed by atoms with van der Waals surface area (Å²) < 4.78 is 4.61. The number of hydrogen-bond donors (Lipinski definition) is 23. The van der Waals surface area contributed by atoms with Gasteiger partial charge in [0.05, 0.1) is 61.5 Å². The first-order chi connectivity index (χ1) is 54.7. The van der Waals surface area contributed by atoms with Crippen LogP contribution in [0.5, 0.6) is 0 Å². The molecule has 0 bridgehead atoms. The number of Topliss-reactive ketones (excluding diaryl/α,β-unsaturated/α-hetero) is 4. The number of aliphatic carboxylic acids is 3. The molecule has 9 amide bonds. The average Bonchev–Trinajstić information content (AvgIpc) is 1.62. The van der Waals surface area contributed by atoms with Gasteiger partial charge >= 0.3 is 23.9 Å². The summed E-state index contributed by atoms with van der Waals surface area (Å²) in [5.41, 5.74) is 6.24. The van der Waals surface area contributed by atoms with Gasteiger partial charge in [0.2, 0.25) is 35.4 Å². The minimum absolute atomic E-state index is 0.0136. The van der Waals surface area contributed by atoms with Crippen molar-refractivity contribution < 1.29 is 148 Å². The number of carbonyl (C=O) groups excluding carboxylic acids is 13. The van der Waals surface area contributed by atoms with E-state index < -0.39 is 301 Å². The van der Waals surface area contributed by atoms with Gasteiger partial charge in [-0.1, -0.05) is 64.3 Å². The molecule has 1 aliphatic heterocycles. The molecule has 0 spiro atoms. The third-order valence-electron chi connectivity index (χ3n) is 19.6. The zero-order chi connectivity index (χ0) is 86.8. The fourth-order valence-electron chi connectivity index (χ4n) is 12.5. The van der Waals surface area contributed by atoms with Gasteiger partial charge in [-0.05, 0) is 69.2 Å². The van der Waals surface area contributed by atoms with Gasteiger partial charge in [-0.25, -0.2) is 9.59 Å². The zero-order valence-electron chi connectivity index (χ0n) is 64.4. The Bertz CT molecular complexity index is 3720. The second kappa shape index (κ2) is 48.7. The zero-order valence-corrected chi connectivity index (χ0v) is 65.3. The van der Waals surface area contributed by atoms with E-state index in [4.69, 9.17) is 5.73 Å². The molecule has 2 aliphatic rings. The molecule has 1 aliphatic carbocycles. The van der Waals surface area contributed by atoms with Crippen molar-refractivity contribution in [3.63, 3.8) is 0 Å². The van der Waals surface area contributed by atoms with Crippen molar-refractivity contribution in [1.29, 1.82) is 0 Å². The summed E-state index contributed by atoms with van der Waals surface area (Å²) in [6.45, 7) is 0.0809. The Balaban J connectivity index is 1.70. The highest BCUT2D eigenvalue weighted by atomic mass is 32.1. The maximum atomic E-state index is 14.9. The number of anilines is 3. The van der Waals surface area contributed by atoms with E-state index in [9.17, 15) is 143 Å². The number of nitrogens with zero attached hydrogens (tertiary/aromatic N) is 2. The van der Waals surface area contributed by atoms with Gasteiger partial charge in [-0.2, -0.15) is 12.6 Å². The summed E-state index contributed by atoms with van der Waals surface area (Å²) in [5.74, 6) is -19.4. The van der Waals surface area contributed by atoms with Crippen molar-refractivity contribution in [2.45, 2.75) is 221 Å². The van der Waals surface area contributed by atoms with Crippen LogP contribution in [0.15, 0.2) is 48.5 Å². The van der Waals surface area contributed by atoms with Gasteiger partial charge in [0.1, 0.15) is 61.4 Å². The molecule has 1 saturated carbocycles. The number of carbonyl (C=O) groups is 16. The lowest BCUT2D eigenvalue weighted by molar-refractivity contribution is -0.142. The third kappa shape index (κ3) is 32.0. The number of aliphatic hydroxyl groups is 10. The molecule has 646 valence electrons. The number of hydrogen-bond acceptors (Lipinski definition) is 30. The van der Waals surface area contributed by atoms with Gasteiger partial charge < -0.3 is 129 Å². The number of thiol groups is 1. The summed E-state index contributed by atoms with van der Waals surface area (Å²) in [4.78, 5) is 219. The Morgan fingerprint density at radius 2 is 1.09 bits per heavy atom. The number of benzene rings is 2. The van der Waals surface area contributed by atoms with Crippen LogP contribution in [-0.2, 0) is 71.9 Å². The Morgan fingerprint density at radius 3 is 1.59 bits per heavy atom. The van der Waals surface area contributed by atoms with Gasteiger partial charge in [-0.3, -0.25) is 67.1 Å². The van der Waals surface area contributed by atoms with E-state index >= 15 is 0 Å². The molecule has 1 heterocycles. The standard InChI is InChI=1S/C74H109N11O30S/c1-74(2,3)58(96)32-85-50-15-8-7-14-49(50)84(42-12-5-4-6-13-42)31-46(71(85)111)83-73(114)78-41-11-9-10-38(26-41)52(90)27-39(16-24-61(99)100)67(107)80-45(20-23-60(98)77-30-55(93)64(104)66(106)57(95)34-87)53(91)28-40(17-25-62(101)102)68(108)79-44(19-22-59(97)76-29-54(92)63(103)65(105)56(94)33-86)51(89)21-18-43(75)69(109)81-47(35-115-37-88)70(110)82-48(36-116)72(112)113/h7-11,14-15,26,37,39-40,42-48,54-57,63-66,86-87,92-95,103-106,116H,4-6,12-13,16-25,27-36,75H2,1-3H3,(H,76,97)(H,77,98)(H,79,108)(H,80,107)(H,81,109)(H,82,110)(H,99,100)(H,101,102)(H,112,113)(H2,78,83,114)/t39-,40-,43-,44+,45+,46+,47-,48-,54-,55-,56+,57+,63+,64+,65+,66+/m0/s1. The quantitative estimate of drug-likeness (QED) is 0.0167. The smallest absolute Gasteiger partial charge is 0.327 e. The number of carboxylic acid groups (broad SMARTS) is 3. The van der Waals surface area contributed by atoms with Gasteiger partial charge in [0.15, 0.2) is 23.1 Å². The van der Waals surface area contributed by atoms with Crippen LogP contribution in [0.2, 0.25) is 0 Å². The second-order valence-corrected chi connectivity index (χ2v) is 29.8. The summed E-state index contributed by atoms with van der Waals surface area (Å²) >= 11 is 3.86. The van der Waals surface area contributed by atoms with Crippen LogP contribution < -0.4 is 58.1 Å². The summed E-state index contributed by atoms with van der Waals surface area (Å²) in [5, 5.41) is 148. The minimum Gasteiger partial charge on any atom is -0.481 e. The predicted molar refractivity (Wildman–Crippen MR) is 409 cm³/mol. The van der Waals surface area contributed by atoms with E-state index in [1.54, 1.807) is 32.9 Å². The Labute approximate surface area is 672 Å². The number of nitrogens with one attached hydrogen (secondary N) is 8. The fourth-order valence-corrected chi connectivity index (χ4v) is 12.7. The van der Waals surface area contributed by atoms with E-state index in [2.05, 4.69) is 64.8 Å². The van der Waals surface area contributed by atoms with Crippen LogP contribution in [0.3, 0.4) is 0 Å². The molecule has 116 heavy (non-hydrogen) atoms. The molecule has 0 unspecified atom stereocenters. The van der Waals surface area contributed by atoms with Gasteiger partial charge in [0, 0.05) is 105 Å². The third-order valence-corrected chi connectivity index (χ3v) is 19.9. The SMILES string of the molecule is CC(C)(C)C(=O)CN1C(=O)[C@H](NC(=O)Nc2cccc(C(=O)C[C@H](CCC(=O)O)C(=O)N[C@H](CCC(=O)NC[C@H](O)[C@@H](O)[C@H](O)[C@H](O)CO)C(=O)C[C@H](CCC(=O)O)C(=O)N[C@H](CCC(=O)NC[C@H](O)[C@@H](O)[C@H](O)[C@H](O)CO)C(=O)CC[C@H](N)C(=O)N[C@@H](COC=O)C(=O)N[C@@H](CS)C(=O)O)c2)CN(C2CCCCC2)c2ccccc21. The van der Waals surface area contributed by atoms with Crippen LogP contribution in [0.4, 0.5) is 21.9 Å². The van der Waals surface area contributed by atoms with Crippen molar-refractivity contribution in [3.8, 4) is 0 Å². The Kier molecular flexibility index (Phi) is 41.4. The van der Waals surface area contributed by atoms with Crippen LogP contribution >= 0.6 is 12.6 Å². The number of ketones is 4. The number of para-hydroxylation sites is 2. The summed E-state index contributed by atoms with van der Waals surface area (Å²) in [6, 6.07) is 1.29. The molecule has 0 saturated heterocycles. The maximum Gasteiger partial charge on any atom is 0.327 e. The van der Waals surface area contributed by atoms with Crippen LogP contribution in [0.25, 0.3) is 0 Å². The first-order valence-electron chi connectivity index (χ1n) is 37.6. The van der Waals surface area contributed by atoms with Crippen molar-refractivity contribution in [1.82, 2.24) is 37.2 Å². The molecule has 2 aromatic rings. The Hall–Kier alpha value is -9.73. The lowest BCUT2D eigenvalue weighted by atomic mass is 9.89. The molecule has 0 radical (unpaired) electrons. The molecule has 41 nitrogen and oxygen atoms in total. The fraction of sp³-hybridized carbons (Fsp3) is 0.622. The number of ether oxygens (including phenoxy) is 1. The first-order valence-corrected chi connectivity index (χ1v) is 38.3. The molecule has 23 N–H and O–H groups in total. The number of urea groups is 1. The van der Waals surface area contributed by atoms with E-state index in [0.717, 1.165) is 32.1 Å². The number of carboxylic acids is 3. The van der Waals surface area contributed by atoms with Crippen molar-refractivity contribution in [3.05, 3.63) is 54.1 Å². The topological polar surface area (TPSA) is 674 Å². The summed E-state index contributed by atoms with van der Waals surface area (Å²) in [7, 11) is 0. The number of nitrogens with two attached hydrogens (primary N) is 1. The minimum atomic E-state index is -2.17. The van der Waals surface area contributed by atoms with Gasteiger partial charge in [-0.15, -0.1) is 0 Å². The van der Waals surface area contributed by atoms with E-state index in [0.29, 0.717) is 11.4 Å². The maximum absolute atomic E-state index is 14.9. The van der Waals surface area contributed by atoms with Crippen molar-refractivity contribution in [2.24, 2.45) is 23.0 Å². The Morgan fingerprint density at radius 1 is 0.586 bits per heavy atom. The highest BCUT2D eigenvalue weighted by Crippen LogP contribution is 2.38. The average molecular weight is 1660 g/mol. The predicted octanol–water partition coefficient (Wildman–Crippen LogP) is -5.06. The molecule has 2 aromatic carbocycles. The van der Waals surface area contributed by atoms with E-state index in [1.165, 1.54) is 29.2 Å². The number of amides is 9. The van der Waals surface area contributed by atoms with E-state index in [1.807, 2.05) is 12.1 Å². The number of rotatable bonds is 52. The van der Waals surface area contributed by atoms with Crippen molar-refractivity contribution >= 4 is 125 Å². The molecule has 4 rings (SSSR count). The number of fused-ring (bicyclic) bond motifs is 1. The highest BCUT2D eigenvalue weighted by molar-refractivity contribution is 7.80. The monoisotopic (exact) mass is 1660 g/mol. The second-order valence-electron chi connectivity index (χ2n) is 29.4. The highest BCUT2D eigenvalue weighted by Gasteiger charge is 2.41. The first kappa shape index (κ1) is 98.6. The lowest BCUT2D eigenvalue weighted by Crippen LogP contribution is -2.56. The summed E-state index contributed by atoms with van der Waals surface area (Å²) in [6.07, 6.45) is -21.5. The molecule has 0 aromatic heterocycles. The van der Waals surface area contributed by atoms with E-state index in [-0.39, 0.29) is 42.6 Å². The van der Waals surface area contributed by atoms with Crippen LogP contribution in [-0.4, -0.2) is 304 Å². The van der Waals surface area contributed by atoms with Crippen LogP contribution in [0, 0.1) is 17.3 Å². The molecular formula is C74H109N11O30S. The normalized spacial score (nSPS) is 17.7.